The number of benzene rings is 2. The average molecular weight is 467 g/mol. The van der Waals surface area contributed by atoms with Crippen LogP contribution in [-0.4, -0.2) is 53.2 Å². The molecule has 0 N–H and O–H groups in total. The highest BCUT2D eigenvalue weighted by atomic mass is 16.5. The van der Waals surface area contributed by atoms with Gasteiger partial charge in [0.1, 0.15) is 0 Å². The molecule has 0 aromatic heterocycles. The summed E-state index contributed by atoms with van der Waals surface area (Å²) >= 11 is 0. The predicted molar refractivity (Wildman–Crippen MR) is 132 cm³/mol. The molecule has 0 aliphatic heterocycles. The number of rotatable bonds is 13. The maximum Gasteiger partial charge on any atom is 0.161 e. The Balaban J connectivity index is 2.31. The monoisotopic (exact) mass is 466 g/mol. The first-order chi connectivity index (χ1) is 20.5. The van der Waals surface area contributed by atoms with Gasteiger partial charge in [0.2, 0.25) is 0 Å². The van der Waals surface area contributed by atoms with E-state index in [1.54, 1.807) is 26.0 Å². The molecule has 0 spiro atoms. The third kappa shape index (κ3) is 6.33. The van der Waals surface area contributed by atoms with Gasteiger partial charge in [-0.3, -0.25) is 0 Å². The fourth-order valence-electron chi connectivity index (χ4n) is 3.85. The van der Waals surface area contributed by atoms with E-state index in [0.29, 0.717) is 11.1 Å². The van der Waals surface area contributed by atoms with Crippen molar-refractivity contribution in [1.82, 2.24) is 4.90 Å². The Morgan fingerprint density at radius 3 is 2.24 bits per heavy atom. The van der Waals surface area contributed by atoms with Crippen molar-refractivity contribution in [2.24, 2.45) is 5.92 Å². The summed E-state index contributed by atoms with van der Waals surface area (Å²) in [6.07, 6.45) is 0.677. The quantitative estimate of drug-likeness (QED) is 0.410. The molecule has 0 aliphatic rings. The smallest absolute Gasteiger partial charge is 0.161 e. The molecule has 0 saturated carbocycles. The van der Waals surface area contributed by atoms with Gasteiger partial charge in [0, 0.05) is 10.7 Å². The van der Waals surface area contributed by atoms with Crippen LogP contribution in [0.25, 0.3) is 0 Å². The lowest BCUT2D eigenvalue weighted by Crippen LogP contribution is -2.32. The van der Waals surface area contributed by atoms with Crippen LogP contribution in [-0.2, 0) is 11.8 Å². The lowest BCUT2D eigenvalue weighted by atomic mass is 9.69. The van der Waals surface area contributed by atoms with Crippen LogP contribution in [0.1, 0.15) is 54.3 Å². The molecule has 2 aromatic carbocycles. The van der Waals surface area contributed by atoms with E-state index in [9.17, 15) is 5.26 Å². The molecule has 0 amide bonds. The zero-order chi connectivity index (χ0) is 34.4. The zero-order valence-corrected chi connectivity index (χ0v) is 19.1. The van der Waals surface area contributed by atoms with E-state index in [4.69, 9.17) is 35.4 Å². The molecular formula is C27H38N2O4. The Morgan fingerprint density at radius 1 is 0.939 bits per heavy atom. The van der Waals surface area contributed by atoms with Crippen LogP contribution in [0, 0.1) is 17.2 Å². The van der Waals surface area contributed by atoms with Crippen LogP contribution >= 0.6 is 0 Å². The largest absolute Gasteiger partial charge is 0.493 e. The second-order valence-electron chi connectivity index (χ2n) is 8.03. The highest BCUT2D eigenvalue weighted by Gasteiger charge is 2.36. The highest BCUT2D eigenvalue weighted by molar-refractivity contribution is 5.47. The van der Waals surface area contributed by atoms with Crippen LogP contribution in [0.3, 0.4) is 0 Å². The van der Waals surface area contributed by atoms with Gasteiger partial charge in [-0.1, -0.05) is 26.0 Å². The minimum atomic E-state index is -2.93. The Labute approximate surface area is 215 Å². The van der Waals surface area contributed by atoms with Crippen molar-refractivity contribution in [3.63, 3.8) is 0 Å². The summed E-state index contributed by atoms with van der Waals surface area (Å²) in [7, 11) is -7.14. The molecule has 6 nitrogen and oxygen atoms in total. The van der Waals surface area contributed by atoms with E-state index in [1.165, 1.54) is 36.3 Å². The van der Waals surface area contributed by atoms with E-state index < -0.39 is 33.5 Å². The Bertz CT molecular complexity index is 1320. The fraction of sp³-hybridized carbons (Fsp3) is 0.519. The number of methoxy groups -OCH3 is 4. The summed E-state index contributed by atoms with van der Waals surface area (Å²) < 4.78 is 111. The molecule has 33 heavy (non-hydrogen) atoms. The lowest BCUT2D eigenvalue weighted by Gasteiger charge is -2.32. The molecule has 2 aromatic rings. The second kappa shape index (κ2) is 12.4. The molecule has 180 valence electrons. The van der Waals surface area contributed by atoms with E-state index in [-0.39, 0.29) is 61.3 Å². The number of hydrogen-bond acceptors (Lipinski definition) is 6. The summed E-state index contributed by atoms with van der Waals surface area (Å²) in [6.45, 7) is 1.26. The molecule has 1 atom stereocenters. The van der Waals surface area contributed by atoms with Crippen LogP contribution in [0.15, 0.2) is 36.4 Å². The summed E-state index contributed by atoms with van der Waals surface area (Å²) in [4.78, 5) is 1.28. The van der Waals surface area contributed by atoms with Gasteiger partial charge in [0.05, 0.1) is 52.0 Å². The SMILES string of the molecule is [2H]C([2H])([2H])Oc1cc(CCN(CCCC(C#N)(c2ccc(OC([2H])([2H])[2H])c(OC([2H])([2H])[2H])c2)C(C)C)C([2H])([2H])[2H])ccc1OC. The molecule has 0 saturated heterocycles. The standard InChI is InChI=1S/C27H38N2O4/c1-20(2)27(19-28,22-10-12-24(31-5)26(18-22)33-7)14-8-15-29(3)16-13-21-9-11-23(30-4)25(17-21)32-6/h9-12,17-18,20H,8,13-16H2,1-7H3/i3D3,5D3,6D3,7D3. The first-order valence-corrected chi connectivity index (χ1v) is 10.5. The molecule has 6 heteroatoms. The van der Waals surface area contributed by atoms with Crippen LogP contribution in [0.2, 0.25) is 0 Å². The number of ether oxygens (including phenoxy) is 4. The zero-order valence-electron chi connectivity index (χ0n) is 31.1. The van der Waals surface area contributed by atoms with Gasteiger partial charge in [0.25, 0.3) is 0 Å². The van der Waals surface area contributed by atoms with Crippen LogP contribution in [0.4, 0.5) is 0 Å². The Kier molecular flexibility index (Phi) is 5.14. The Morgan fingerprint density at radius 2 is 1.61 bits per heavy atom. The van der Waals surface area contributed by atoms with Crippen molar-refractivity contribution in [2.75, 3.05) is 48.3 Å². The number of likely N-dealkylation sites (N-methyl/N-ethyl adjacent to an activating group) is 1. The normalized spacial score (nSPS) is 19.8. The van der Waals surface area contributed by atoms with E-state index in [1.807, 2.05) is 0 Å². The summed E-state index contributed by atoms with van der Waals surface area (Å²) in [6, 6.07) is 11.0. The molecule has 1 unspecified atom stereocenters. The molecule has 0 aliphatic carbocycles. The van der Waals surface area contributed by atoms with Gasteiger partial charge in [-0.2, -0.15) is 5.26 Å². The van der Waals surface area contributed by atoms with Crippen LogP contribution < -0.4 is 18.9 Å². The molecule has 2 rings (SSSR count). The minimum absolute atomic E-state index is 0.00305. The maximum absolute atomic E-state index is 10.4. The molecular weight excluding hydrogens is 416 g/mol. The predicted octanol–water partition coefficient (Wildman–Crippen LogP) is 5.09. The molecule has 0 fully saturated rings. The number of nitrogens with zero attached hydrogens (tertiary/aromatic N) is 2. The third-order valence-electron chi connectivity index (χ3n) is 5.87. The van der Waals surface area contributed by atoms with Gasteiger partial charge in [-0.05, 0) is 74.1 Å². The van der Waals surface area contributed by atoms with Crippen LogP contribution in [0.5, 0.6) is 23.0 Å². The van der Waals surface area contributed by atoms with E-state index >= 15 is 0 Å². The third-order valence-corrected chi connectivity index (χ3v) is 5.87. The van der Waals surface area contributed by atoms with Crippen molar-refractivity contribution in [3.8, 4) is 29.1 Å². The van der Waals surface area contributed by atoms with Gasteiger partial charge in [-0.15, -0.1) is 0 Å². The first kappa shape index (κ1) is 13.7. The molecule has 0 bridgehead atoms. The van der Waals surface area contributed by atoms with Gasteiger partial charge < -0.3 is 23.8 Å². The van der Waals surface area contributed by atoms with Crippen molar-refractivity contribution >= 4 is 0 Å². The number of hydrogen-bond donors (Lipinski definition) is 0. The second-order valence-corrected chi connectivity index (χ2v) is 8.03. The summed E-state index contributed by atoms with van der Waals surface area (Å²) in [5.41, 5.74) is -0.236. The van der Waals surface area contributed by atoms with Gasteiger partial charge in [0.15, 0.2) is 23.0 Å². The average Bonchev–Trinajstić information content (AvgIpc) is 2.86. The topological polar surface area (TPSA) is 64.0 Å². The van der Waals surface area contributed by atoms with Crippen molar-refractivity contribution in [2.45, 2.75) is 38.5 Å². The maximum atomic E-state index is 10.4. The lowest BCUT2D eigenvalue weighted by molar-refractivity contribution is 0.292. The van der Waals surface area contributed by atoms with Crippen molar-refractivity contribution in [3.05, 3.63) is 47.5 Å². The van der Waals surface area contributed by atoms with Gasteiger partial charge in [-0.25, -0.2) is 0 Å². The summed E-state index contributed by atoms with van der Waals surface area (Å²) in [5.74, 6) is -0.799. The van der Waals surface area contributed by atoms with Crippen molar-refractivity contribution in [1.29, 1.82) is 5.26 Å². The van der Waals surface area contributed by atoms with Crippen molar-refractivity contribution < 1.29 is 35.4 Å². The Hall–Kier alpha value is -2.91. The highest BCUT2D eigenvalue weighted by Crippen LogP contribution is 2.40. The minimum Gasteiger partial charge on any atom is -0.493 e. The fourth-order valence-corrected chi connectivity index (χ4v) is 3.85. The molecule has 0 heterocycles. The number of nitriles is 1. The van der Waals surface area contributed by atoms with E-state index in [2.05, 4.69) is 6.07 Å². The first-order valence-electron chi connectivity index (χ1n) is 16.5. The summed E-state index contributed by atoms with van der Waals surface area (Å²) in [5, 5.41) is 10.4. The van der Waals surface area contributed by atoms with Gasteiger partial charge >= 0.3 is 0 Å². The van der Waals surface area contributed by atoms with E-state index in [0.717, 1.165) is 0 Å². The molecule has 0 radical (unpaired) electrons.